The minimum absolute atomic E-state index is 0.236. The Morgan fingerprint density at radius 2 is 1.97 bits per heavy atom. The molecule has 0 bridgehead atoms. The molecule has 0 N–H and O–H groups in total. The third-order valence-electron chi connectivity index (χ3n) is 5.30. The first-order chi connectivity index (χ1) is 14.4. The van der Waals surface area contributed by atoms with Crippen molar-refractivity contribution in [3.8, 4) is 17.3 Å². The highest BCUT2D eigenvalue weighted by Crippen LogP contribution is 2.33. The molecule has 0 unspecified atom stereocenters. The summed E-state index contributed by atoms with van der Waals surface area (Å²) < 4.78 is 21.8. The van der Waals surface area contributed by atoms with Crippen LogP contribution >= 0.6 is 0 Å². The normalized spacial score (nSPS) is 13.2. The molecule has 0 radical (unpaired) electrons. The Labute approximate surface area is 175 Å². The van der Waals surface area contributed by atoms with Gasteiger partial charge < -0.3 is 14.2 Å². The number of rotatable bonds is 6. The fourth-order valence-corrected chi connectivity index (χ4v) is 3.94. The highest BCUT2D eigenvalue weighted by atomic mass is 19.1. The van der Waals surface area contributed by atoms with Gasteiger partial charge in [-0.15, -0.1) is 0 Å². The van der Waals surface area contributed by atoms with Gasteiger partial charge >= 0.3 is 0 Å². The molecule has 8 heteroatoms. The lowest BCUT2D eigenvalue weighted by Crippen LogP contribution is -2.25. The van der Waals surface area contributed by atoms with Crippen molar-refractivity contribution < 1.29 is 13.6 Å². The fourth-order valence-electron chi connectivity index (χ4n) is 3.94. The minimum Gasteiger partial charge on any atom is -0.418 e. The Balaban J connectivity index is 1.81. The summed E-state index contributed by atoms with van der Waals surface area (Å²) in [7, 11) is 1.69. The second kappa shape index (κ2) is 7.93. The van der Waals surface area contributed by atoms with Gasteiger partial charge in [0.25, 0.3) is 5.91 Å². The highest BCUT2D eigenvalue weighted by molar-refractivity contribution is 5.98. The van der Waals surface area contributed by atoms with Gasteiger partial charge in [-0.05, 0) is 38.0 Å². The molecule has 3 heterocycles. The number of carbonyl (C=O) groups excluding carboxylic acids is 1. The zero-order valence-corrected chi connectivity index (χ0v) is 17.8. The van der Waals surface area contributed by atoms with E-state index in [0.29, 0.717) is 29.4 Å². The highest BCUT2D eigenvalue weighted by Gasteiger charge is 2.29. The Bertz CT molecular complexity index is 1080. The molecule has 0 spiro atoms. The maximum Gasteiger partial charge on any atom is 0.256 e. The van der Waals surface area contributed by atoms with Crippen molar-refractivity contribution >= 4 is 11.8 Å². The Kier molecular flexibility index (Phi) is 5.32. The summed E-state index contributed by atoms with van der Waals surface area (Å²) in [6, 6.07) is 4.22. The molecule has 158 valence electrons. The smallest absolute Gasteiger partial charge is 0.256 e. The first kappa shape index (κ1) is 20.1. The number of aromatic nitrogens is 3. The predicted molar refractivity (Wildman–Crippen MR) is 112 cm³/mol. The first-order valence-electron chi connectivity index (χ1n) is 10.3. The number of amides is 1. The molecule has 0 saturated heterocycles. The summed E-state index contributed by atoms with van der Waals surface area (Å²) in [5.74, 6) is 0.510. The minimum atomic E-state index is -0.445. The van der Waals surface area contributed by atoms with Crippen LogP contribution in [-0.2, 0) is 6.54 Å². The van der Waals surface area contributed by atoms with E-state index in [4.69, 9.17) is 4.42 Å². The number of carbonyl (C=O) groups is 1. The van der Waals surface area contributed by atoms with Crippen LogP contribution in [0.3, 0.4) is 0 Å². The number of imidazole rings is 1. The molecule has 1 amide bonds. The fraction of sp³-hybridized carbons (Fsp3) is 0.409. The molecule has 30 heavy (non-hydrogen) atoms. The van der Waals surface area contributed by atoms with Gasteiger partial charge in [-0.2, -0.15) is 0 Å². The number of hydrogen-bond donors (Lipinski definition) is 0. The van der Waals surface area contributed by atoms with Crippen molar-refractivity contribution in [2.24, 2.45) is 0 Å². The summed E-state index contributed by atoms with van der Waals surface area (Å²) in [6.45, 7) is 8.30. The lowest BCUT2D eigenvalue weighted by Gasteiger charge is -2.20. The van der Waals surface area contributed by atoms with E-state index in [0.717, 1.165) is 43.2 Å². The summed E-state index contributed by atoms with van der Waals surface area (Å²) >= 11 is 0. The molecular formula is C22H26FN5O2. The van der Waals surface area contributed by atoms with Crippen molar-refractivity contribution in [3.63, 3.8) is 0 Å². The average Bonchev–Trinajstić information content (AvgIpc) is 3.28. The number of nitrogens with zero attached hydrogens (tertiary/aromatic N) is 5. The van der Waals surface area contributed by atoms with Crippen LogP contribution in [0.25, 0.3) is 17.3 Å². The summed E-state index contributed by atoms with van der Waals surface area (Å²) in [4.78, 5) is 25.7. The van der Waals surface area contributed by atoms with Gasteiger partial charge in [-0.25, -0.2) is 14.4 Å². The molecule has 0 fully saturated rings. The van der Waals surface area contributed by atoms with Crippen molar-refractivity contribution in [3.05, 3.63) is 47.3 Å². The van der Waals surface area contributed by atoms with Crippen molar-refractivity contribution in [2.45, 2.75) is 40.2 Å². The average molecular weight is 411 g/mol. The number of oxazole rings is 1. The number of aryl methyl sites for hydroxylation is 1. The number of benzene rings is 1. The van der Waals surface area contributed by atoms with Crippen molar-refractivity contribution in [1.29, 1.82) is 0 Å². The van der Waals surface area contributed by atoms with Gasteiger partial charge in [0.05, 0.1) is 23.5 Å². The Hall–Kier alpha value is -3.16. The van der Waals surface area contributed by atoms with E-state index in [2.05, 4.69) is 28.7 Å². The van der Waals surface area contributed by atoms with Crippen LogP contribution in [-0.4, -0.2) is 45.5 Å². The lowest BCUT2D eigenvalue weighted by molar-refractivity contribution is 0.0787. The second-order valence-electron chi connectivity index (χ2n) is 7.63. The molecule has 1 aliphatic rings. The predicted octanol–water partition coefficient (Wildman–Crippen LogP) is 4.19. The summed E-state index contributed by atoms with van der Waals surface area (Å²) in [5.41, 5.74) is 3.09. The maximum atomic E-state index is 13.8. The van der Waals surface area contributed by atoms with E-state index in [1.807, 2.05) is 11.5 Å². The molecule has 0 saturated carbocycles. The SMILES string of the molecule is CCCN(CCC)c1oc(-c2ncn3c2CN(C)C(=O)c2cc(F)ccc2-3)nc1C. The van der Waals surface area contributed by atoms with Gasteiger partial charge in [0.2, 0.25) is 11.8 Å². The van der Waals surface area contributed by atoms with Crippen molar-refractivity contribution in [2.75, 3.05) is 25.0 Å². The number of fused-ring (bicyclic) bond motifs is 3. The van der Waals surface area contributed by atoms with Gasteiger partial charge in [0.15, 0.2) is 0 Å². The molecule has 0 atom stereocenters. The third kappa shape index (κ3) is 3.36. The van der Waals surface area contributed by atoms with Crippen LogP contribution in [0.2, 0.25) is 0 Å². The van der Waals surface area contributed by atoms with E-state index >= 15 is 0 Å². The zero-order valence-electron chi connectivity index (χ0n) is 17.8. The van der Waals surface area contributed by atoms with Crippen molar-refractivity contribution in [1.82, 2.24) is 19.4 Å². The monoisotopic (exact) mass is 411 g/mol. The largest absolute Gasteiger partial charge is 0.418 e. The second-order valence-corrected chi connectivity index (χ2v) is 7.63. The molecule has 1 aliphatic heterocycles. The molecule has 1 aromatic carbocycles. The molecule has 3 aromatic rings. The Morgan fingerprint density at radius 3 is 2.67 bits per heavy atom. The van der Waals surface area contributed by atoms with Gasteiger partial charge in [0, 0.05) is 20.1 Å². The molecule has 2 aromatic heterocycles. The zero-order chi connectivity index (χ0) is 21.4. The summed E-state index contributed by atoms with van der Waals surface area (Å²) in [6.07, 6.45) is 3.66. The number of hydrogen-bond acceptors (Lipinski definition) is 5. The van der Waals surface area contributed by atoms with E-state index in [-0.39, 0.29) is 5.91 Å². The standard InChI is InChI=1S/C22H26FN5O2/c1-5-9-27(10-6-2)22-14(3)25-20(30-22)19-18-12-26(4)21(29)16-11-15(23)7-8-17(16)28(18)13-24-19/h7-8,11,13H,5-6,9-10,12H2,1-4H3. The summed E-state index contributed by atoms with van der Waals surface area (Å²) in [5, 5.41) is 0. The topological polar surface area (TPSA) is 67.4 Å². The van der Waals surface area contributed by atoms with Crippen LogP contribution in [0.15, 0.2) is 28.9 Å². The third-order valence-corrected chi connectivity index (χ3v) is 5.30. The molecule has 4 rings (SSSR count). The maximum absolute atomic E-state index is 13.8. The van der Waals surface area contributed by atoms with Crippen LogP contribution in [0.5, 0.6) is 0 Å². The number of anilines is 1. The van der Waals surface area contributed by atoms with Crippen LogP contribution in [0.4, 0.5) is 10.3 Å². The van der Waals surface area contributed by atoms with Gasteiger partial charge in [-0.3, -0.25) is 9.36 Å². The first-order valence-corrected chi connectivity index (χ1v) is 10.3. The number of halogens is 1. The van der Waals surface area contributed by atoms with Gasteiger partial charge in [-0.1, -0.05) is 13.8 Å². The van der Waals surface area contributed by atoms with E-state index in [9.17, 15) is 9.18 Å². The lowest BCUT2D eigenvalue weighted by atomic mass is 10.1. The van der Waals surface area contributed by atoms with Crippen LogP contribution in [0, 0.1) is 12.7 Å². The molecular weight excluding hydrogens is 385 g/mol. The van der Waals surface area contributed by atoms with Crippen LogP contribution < -0.4 is 4.90 Å². The van der Waals surface area contributed by atoms with E-state index in [1.165, 1.54) is 12.1 Å². The molecule has 7 nitrogen and oxygen atoms in total. The van der Waals surface area contributed by atoms with E-state index < -0.39 is 5.82 Å². The quantitative estimate of drug-likeness (QED) is 0.609. The Morgan fingerprint density at radius 1 is 1.23 bits per heavy atom. The van der Waals surface area contributed by atoms with Crippen LogP contribution in [0.1, 0.15) is 48.4 Å². The van der Waals surface area contributed by atoms with E-state index in [1.54, 1.807) is 24.3 Å². The van der Waals surface area contributed by atoms with Gasteiger partial charge in [0.1, 0.15) is 23.5 Å². The molecule has 0 aliphatic carbocycles.